The van der Waals surface area contributed by atoms with Gasteiger partial charge in [0.15, 0.2) is 0 Å². The molecule has 27 heavy (non-hydrogen) atoms. The Hall–Kier alpha value is -1.91. The summed E-state index contributed by atoms with van der Waals surface area (Å²) in [6.45, 7) is 9.19. The van der Waals surface area contributed by atoms with Gasteiger partial charge in [-0.05, 0) is 39.7 Å². The first-order chi connectivity index (χ1) is 12.4. The fourth-order valence-corrected chi connectivity index (χ4v) is 2.89. The third kappa shape index (κ3) is 7.31. The number of rotatable bonds is 9. The van der Waals surface area contributed by atoms with Crippen LogP contribution >= 0.6 is 0 Å². The molecule has 0 atom stereocenters. The van der Waals surface area contributed by atoms with Crippen LogP contribution in [0, 0.1) is 0 Å². The van der Waals surface area contributed by atoms with Crippen molar-refractivity contribution in [2.45, 2.75) is 53.2 Å². The zero-order valence-electron chi connectivity index (χ0n) is 16.5. The molecular formula is C17H29N3O6S. The Morgan fingerprint density at radius 2 is 1.81 bits per heavy atom. The van der Waals surface area contributed by atoms with Crippen LogP contribution in [0.3, 0.4) is 0 Å². The maximum atomic E-state index is 12.5. The predicted molar refractivity (Wildman–Crippen MR) is 101 cm³/mol. The quantitative estimate of drug-likeness (QED) is 0.414. The number of aromatic nitrogens is 1. The van der Waals surface area contributed by atoms with Crippen LogP contribution < -0.4 is 10.5 Å². The van der Waals surface area contributed by atoms with E-state index in [1.807, 2.05) is 6.92 Å². The molecular weight excluding hydrogens is 374 g/mol. The summed E-state index contributed by atoms with van der Waals surface area (Å²) >= 11 is 0. The minimum Gasteiger partial charge on any atom is -0.462 e. The summed E-state index contributed by atoms with van der Waals surface area (Å²) in [7, 11) is -3.59. The number of H-pyrrole nitrogens is 1. The number of ether oxygens (including phenoxy) is 2. The zero-order chi connectivity index (χ0) is 20.8. The molecule has 0 aliphatic rings. The first-order valence-corrected chi connectivity index (χ1v) is 10.5. The van der Waals surface area contributed by atoms with E-state index in [2.05, 4.69) is 10.3 Å². The molecule has 0 unspecified atom stereocenters. The van der Waals surface area contributed by atoms with E-state index in [9.17, 15) is 18.0 Å². The number of hydrogen-bond acceptors (Lipinski definition) is 7. The Balaban J connectivity index is 3.18. The Morgan fingerprint density at radius 1 is 1.19 bits per heavy atom. The Kier molecular flexibility index (Phi) is 8.00. The van der Waals surface area contributed by atoms with Gasteiger partial charge in [0.25, 0.3) is 0 Å². The third-order valence-corrected chi connectivity index (χ3v) is 4.26. The first-order valence-electron chi connectivity index (χ1n) is 8.75. The topological polar surface area (TPSA) is 141 Å². The van der Waals surface area contributed by atoms with Gasteiger partial charge in [-0.15, -0.1) is 0 Å². The average Bonchev–Trinajstić information content (AvgIpc) is 2.88. The molecule has 0 saturated heterocycles. The summed E-state index contributed by atoms with van der Waals surface area (Å²) in [4.78, 5) is 27.9. The van der Waals surface area contributed by atoms with E-state index in [0.717, 1.165) is 0 Å². The summed E-state index contributed by atoms with van der Waals surface area (Å²) in [6, 6.07) is 0. The average molecular weight is 404 g/mol. The van der Waals surface area contributed by atoms with E-state index in [1.165, 1.54) is 0 Å². The van der Waals surface area contributed by atoms with E-state index in [0.29, 0.717) is 17.7 Å². The highest BCUT2D eigenvalue weighted by molar-refractivity contribution is 7.89. The second-order valence-electron chi connectivity index (χ2n) is 6.95. The molecule has 10 heteroatoms. The molecule has 0 aliphatic carbocycles. The molecule has 0 radical (unpaired) electrons. The normalized spacial score (nSPS) is 12.1. The van der Waals surface area contributed by atoms with Crippen LogP contribution in [0.2, 0.25) is 0 Å². The van der Waals surface area contributed by atoms with Crippen molar-refractivity contribution in [2.24, 2.45) is 5.14 Å². The fourth-order valence-electron chi connectivity index (χ4n) is 2.46. The minimum atomic E-state index is -3.59. The number of nitrogens with one attached hydrogen (secondary N) is 2. The zero-order valence-corrected chi connectivity index (χ0v) is 17.3. The first kappa shape index (κ1) is 23.1. The number of nitrogens with two attached hydrogens (primary N) is 1. The van der Waals surface area contributed by atoms with E-state index in [-0.39, 0.29) is 36.7 Å². The van der Waals surface area contributed by atoms with Crippen LogP contribution in [0.25, 0.3) is 0 Å². The van der Waals surface area contributed by atoms with Crippen LogP contribution in [-0.4, -0.2) is 49.8 Å². The summed E-state index contributed by atoms with van der Waals surface area (Å²) in [5.74, 6) is -1.37. The van der Waals surface area contributed by atoms with Gasteiger partial charge in [-0.2, -0.15) is 0 Å². The summed E-state index contributed by atoms with van der Waals surface area (Å²) in [6.07, 6.45) is 0.413. The molecule has 1 aromatic heterocycles. The highest BCUT2D eigenvalue weighted by Crippen LogP contribution is 2.24. The Labute approximate surface area is 160 Å². The number of carbonyl (C=O) groups excluding carboxylic acids is 2. The summed E-state index contributed by atoms with van der Waals surface area (Å²) < 4.78 is 32.6. The van der Waals surface area contributed by atoms with E-state index < -0.39 is 27.6 Å². The fraction of sp³-hybridized carbons (Fsp3) is 0.647. The van der Waals surface area contributed by atoms with Crippen LogP contribution in [0.15, 0.2) is 0 Å². The van der Waals surface area contributed by atoms with Crippen molar-refractivity contribution in [2.75, 3.05) is 18.9 Å². The molecule has 0 bridgehead atoms. The van der Waals surface area contributed by atoms with Crippen LogP contribution in [0.5, 0.6) is 0 Å². The molecule has 0 saturated carbocycles. The maximum absolute atomic E-state index is 12.5. The van der Waals surface area contributed by atoms with Gasteiger partial charge >= 0.3 is 11.9 Å². The van der Waals surface area contributed by atoms with Gasteiger partial charge in [0, 0.05) is 18.8 Å². The molecule has 1 heterocycles. The number of aromatic amines is 1. The number of sulfonamides is 1. The number of primary sulfonamides is 1. The molecule has 1 aromatic rings. The van der Waals surface area contributed by atoms with Crippen molar-refractivity contribution in [1.82, 2.24) is 10.3 Å². The highest BCUT2D eigenvalue weighted by atomic mass is 32.2. The third-order valence-electron chi connectivity index (χ3n) is 3.48. The molecule has 0 aliphatic heterocycles. The van der Waals surface area contributed by atoms with Crippen LogP contribution in [0.1, 0.15) is 66.7 Å². The molecule has 0 spiro atoms. The van der Waals surface area contributed by atoms with Crippen molar-refractivity contribution in [3.05, 3.63) is 22.5 Å². The van der Waals surface area contributed by atoms with Crippen molar-refractivity contribution < 1.29 is 27.5 Å². The smallest absolute Gasteiger partial charge is 0.355 e. The molecule has 4 N–H and O–H groups in total. The molecule has 9 nitrogen and oxygen atoms in total. The monoisotopic (exact) mass is 403 g/mol. The number of carbonyl (C=O) groups is 2. The predicted octanol–water partition coefficient (Wildman–Crippen LogP) is 1.09. The van der Waals surface area contributed by atoms with E-state index in [4.69, 9.17) is 14.6 Å². The Bertz CT molecular complexity index is 777. The van der Waals surface area contributed by atoms with Crippen LogP contribution in [-0.2, 0) is 32.5 Å². The number of hydrogen-bond donors (Lipinski definition) is 3. The lowest BCUT2D eigenvalue weighted by Crippen LogP contribution is -2.27. The van der Waals surface area contributed by atoms with E-state index in [1.54, 1.807) is 27.7 Å². The van der Waals surface area contributed by atoms with Gasteiger partial charge in [0.1, 0.15) is 11.3 Å². The maximum Gasteiger partial charge on any atom is 0.355 e. The van der Waals surface area contributed by atoms with Crippen molar-refractivity contribution in [3.8, 4) is 0 Å². The summed E-state index contributed by atoms with van der Waals surface area (Å²) in [5.41, 5.74) is 0.708. The minimum absolute atomic E-state index is 0.101. The molecule has 0 aromatic carbocycles. The van der Waals surface area contributed by atoms with Crippen molar-refractivity contribution >= 4 is 22.0 Å². The van der Waals surface area contributed by atoms with Gasteiger partial charge in [-0.3, -0.25) is 0 Å². The largest absolute Gasteiger partial charge is 0.462 e. The highest BCUT2D eigenvalue weighted by Gasteiger charge is 2.29. The van der Waals surface area contributed by atoms with Crippen LogP contribution in [0.4, 0.5) is 0 Å². The molecule has 1 rings (SSSR count). The standard InChI is InChI=1S/C17H29N3O6S/c1-6-11-13(15(21)25-7-2)12(10-19-8-9-27(18,23)24)20-14(11)16(22)26-17(3,4)5/h19-20H,6-10H2,1-5H3,(H2,18,23,24). The Morgan fingerprint density at radius 3 is 2.30 bits per heavy atom. The second-order valence-corrected chi connectivity index (χ2v) is 8.69. The lowest BCUT2D eigenvalue weighted by molar-refractivity contribution is 0.00621. The summed E-state index contributed by atoms with van der Waals surface area (Å²) in [5, 5.41) is 7.87. The van der Waals surface area contributed by atoms with Gasteiger partial charge < -0.3 is 19.8 Å². The van der Waals surface area contributed by atoms with Gasteiger partial charge in [-0.1, -0.05) is 6.92 Å². The lowest BCUT2D eigenvalue weighted by atomic mass is 10.1. The molecule has 154 valence electrons. The van der Waals surface area contributed by atoms with Gasteiger partial charge in [-0.25, -0.2) is 23.1 Å². The number of esters is 2. The SMILES string of the molecule is CCOC(=O)c1c(CNCCS(N)(=O)=O)[nH]c(C(=O)OC(C)(C)C)c1CC. The second kappa shape index (κ2) is 9.34. The lowest BCUT2D eigenvalue weighted by Gasteiger charge is -2.19. The van der Waals surface area contributed by atoms with Crippen molar-refractivity contribution in [3.63, 3.8) is 0 Å². The van der Waals surface area contributed by atoms with Crippen molar-refractivity contribution in [1.29, 1.82) is 0 Å². The van der Waals surface area contributed by atoms with Gasteiger partial charge in [0.05, 0.1) is 17.9 Å². The van der Waals surface area contributed by atoms with Gasteiger partial charge in [0.2, 0.25) is 10.0 Å². The molecule has 0 amide bonds. The molecule has 0 fully saturated rings. The van der Waals surface area contributed by atoms with E-state index >= 15 is 0 Å².